The molecule has 0 saturated carbocycles. The molecule has 0 aliphatic heterocycles. The maximum Gasteiger partial charge on any atom is 0.138 e. The van der Waals surface area contributed by atoms with E-state index in [1.54, 1.807) is 6.33 Å². The predicted molar refractivity (Wildman–Crippen MR) is 65.8 cm³/mol. The standard InChI is InChI=1S/C12H23N3O2/c1-4-17-7-5-6-11(16)8-12-13-9-14-15(12)10(2)3/h9-11,16H,4-8H2,1-3H3. The number of ether oxygens (including phenoxy) is 1. The second kappa shape index (κ2) is 7.40. The Balaban J connectivity index is 2.34. The van der Waals surface area contributed by atoms with Gasteiger partial charge in [0.15, 0.2) is 0 Å². The van der Waals surface area contributed by atoms with Crippen LogP contribution in [-0.2, 0) is 11.2 Å². The highest BCUT2D eigenvalue weighted by molar-refractivity contribution is 4.89. The van der Waals surface area contributed by atoms with Gasteiger partial charge in [0.05, 0.1) is 6.10 Å². The molecular weight excluding hydrogens is 218 g/mol. The Morgan fingerprint density at radius 3 is 2.88 bits per heavy atom. The minimum absolute atomic E-state index is 0.281. The molecule has 1 unspecified atom stereocenters. The van der Waals surface area contributed by atoms with Crippen LogP contribution in [0.4, 0.5) is 0 Å². The molecule has 1 N–H and O–H groups in total. The molecule has 1 aromatic heterocycles. The quantitative estimate of drug-likeness (QED) is 0.702. The molecule has 1 aromatic rings. The number of nitrogens with zero attached hydrogens (tertiary/aromatic N) is 3. The summed E-state index contributed by atoms with van der Waals surface area (Å²) >= 11 is 0. The second-order valence-corrected chi connectivity index (χ2v) is 4.41. The van der Waals surface area contributed by atoms with Crippen molar-refractivity contribution in [2.24, 2.45) is 0 Å². The van der Waals surface area contributed by atoms with Gasteiger partial charge in [0.2, 0.25) is 0 Å². The summed E-state index contributed by atoms with van der Waals surface area (Å²) in [6, 6.07) is 0.281. The molecule has 0 aliphatic carbocycles. The number of aliphatic hydroxyl groups excluding tert-OH is 1. The van der Waals surface area contributed by atoms with Crippen molar-refractivity contribution in [1.29, 1.82) is 0 Å². The fourth-order valence-electron chi connectivity index (χ4n) is 1.73. The van der Waals surface area contributed by atoms with E-state index in [1.165, 1.54) is 0 Å². The predicted octanol–water partition coefficient (Wildman–Crippen LogP) is 1.58. The van der Waals surface area contributed by atoms with Crippen molar-refractivity contribution in [3.05, 3.63) is 12.2 Å². The van der Waals surface area contributed by atoms with E-state index < -0.39 is 0 Å². The van der Waals surface area contributed by atoms with Crippen molar-refractivity contribution in [2.75, 3.05) is 13.2 Å². The number of aliphatic hydroxyl groups is 1. The molecule has 98 valence electrons. The van der Waals surface area contributed by atoms with Gasteiger partial charge in [-0.15, -0.1) is 0 Å². The molecule has 0 saturated heterocycles. The zero-order valence-electron chi connectivity index (χ0n) is 11.0. The zero-order chi connectivity index (χ0) is 12.7. The number of hydrogen-bond donors (Lipinski definition) is 1. The lowest BCUT2D eigenvalue weighted by Crippen LogP contribution is -2.17. The fraction of sp³-hybridized carbons (Fsp3) is 0.833. The van der Waals surface area contributed by atoms with Crippen LogP contribution in [-0.4, -0.2) is 39.2 Å². The lowest BCUT2D eigenvalue weighted by atomic mass is 10.1. The van der Waals surface area contributed by atoms with Crippen LogP contribution >= 0.6 is 0 Å². The summed E-state index contributed by atoms with van der Waals surface area (Å²) in [6.07, 6.45) is 3.36. The molecule has 1 atom stereocenters. The van der Waals surface area contributed by atoms with Crippen LogP contribution in [0.15, 0.2) is 6.33 Å². The molecule has 0 aliphatic rings. The van der Waals surface area contributed by atoms with E-state index in [4.69, 9.17) is 4.74 Å². The first-order chi connectivity index (χ1) is 8.15. The van der Waals surface area contributed by atoms with E-state index in [0.29, 0.717) is 13.0 Å². The first-order valence-corrected chi connectivity index (χ1v) is 6.29. The first kappa shape index (κ1) is 14.1. The fourth-order valence-corrected chi connectivity index (χ4v) is 1.73. The van der Waals surface area contributed by atoms with Gasteiger partial charge in [-0.25, -0.2) is 9.67 Å². The summed E-state index contributed by atoms with van der Waals surface area (Å²) in [5.74, 6) is 0.851. The third kappa shape index (κ3) is 4.83. The minimum atomic E-state index is -0.364. The van der Waals surface area contributed by atoms with E-state index in [1.807, 2.05) is 11.6 Å². The summed E-state index contributed by atoms with van der Waals surface area (Å²) in [5, 5.41) is 14.0. The molecule has 1 heterocycles. The molecule has 5 nitrogen and oxygen atoms in total. The Hall–Kier alpha value is -0.940. The Kier molecular flexibility index (Phi) is 6.15. The van der Waals surface area contributed by atoms with Gasteiger partial charge in [-0.1, -0.05) is 0 Å². The Morgan fingerprint density at radius 1 is 1.47 bits per heavy atom. The van der Waals surface area contributed by atoms with Crippen LogP contribution < -0.4 is 0 Å². The first-order valence-electron chi connectivity index (χ1n) is 6.29. The molecular formula is C12H23N3O2. The topological polar surface area (TPSA) is 60.2 Å². The van der Waals surface area contributed by atoms with E-state index in [-0.39, 0.29) is 12.1 Å². The number of rotatable bonds is 8. The van der Waals surface area contributed by atoms with Gasteiger partial charge in [0.1, 0.15) is 12.2 Å². The van der Waals surface area contributed by atoms with Gasteiger partial charge in [0.25, 0.3) is 0 Å². The Labute approximate surface area is 103 Å². The van der Waals surface area contributed by atoms with Crippen LogP contribution in [0.1, 0.15) is 45.5 Å². The van der Waals surface area contributed by atoms with Gasteiger partial charge >= 0.3 is 0 Å². The molecule has 0 aromatic carbocycles. The van der Waals surface area contributed by atoms with Gasteiger partial charge in [0, 0.05) is 25.7 Å². The van der Waals surface area contributed by atoms with Crippen LogP contribution in [0, 0.1) is 0 Å². The Bertz CT molecular complexity index is 312. The van der Waals surface area contributed by atoms with Crippen molar-refractivity contribution in [3.8, 4) is 0 Å². The average Bonchev–Trinajstić information content (AvgIpc) is 2.72. The average molecular weight is 241 g/mol. The van der Waals surface area contributed by atoms with E-state index in [0.717, 1.165) is 25.3 Å². The van der Waals surface area contributed by atoms with Crippen LogP contribution in [0.2, 0.25) is 0 Å². The SMILES string of the molecule is CCOCCCC(O)Cc1ncnn1C(C)C. The lowest BCUT2D eigenvalue weighted by molar-refractivity contribution is 0.113. The maximum atomic E-state index is 9.89. The largest absolute Gasteiger partial charge is 0.393 e. The summed E-state index contributed by atoms with van der Waals surface area (Å²) in [6.45, 7) is 7.53. The second-order valence-electron chi connectivity index (χ2n) is 4.41. The van der Waals surface area contributed by atoms with Crippen molar-refractivity contribution < 1.29 is 9.84 Å². The number of hydrogen-bond acceptors (Lipinski definition) is 4. The van der Waals surface area contributed by atoms with Crippen LogP contribution in [0.25, 0.3) is 0 Å². The molecule has 0 amide bonds. The molecule has 1 rings (SSSR count). The smallest absolute Gasteiger partial charge is 0.138 e. The molecule has 17 heavy (non-hydrogen) atoms. The van der Waals surface area contributed by atoms with Crippen LogP contribution in [0.5, 0.6) is 0 Å². The third-order valence-corrected chi connectivity index (χ3v) is 2.58. The van der Waals surface area contributed by atoms with Gasteiger partial charge < -0.3 is 9.84 Å². The monoisotopic (exact) mass is 241 g/mol. The highest BCUT2D eigenvalue weighted by Crippen LogP contribution is 2.09. The highest BCUT2D eigenvalue weighted by atomic mass is 16.5. The van der Waals surface area contributed by atoms with Crippen LogP contribution in [0.3, 0.4) is 0 Å². The normalized spacial score (nSPS) is 13.2. The van der Waals surface area contributed by atoms with Gasteiger partial charge in [-0.2, -0.15) is 5.10 Å². The summed E-state index contributed by atoms with van der Waals surface area (Å²) in [7, 11) is 0. The van der Waals surface area contributed by atoms with Gasteiger partial charge in [-0.3, -0.25) is 0 Å². The molecule has 0 radical (unpaired) electrons. The summed E-state index contributed by atoms with van der Waals surface area (Å²) in [4.78, 5) is 4.18. The van der Waals surface area contributed by atoms with E-state index >= 15 is 0 Å². The summed E-state index contributed by atoms with van der Waals surface area (Å²) in [5.41, 5.74) is 0. The van der Waals surface area contributed by atoms with Crippen molar-refractivity contribution >= 4 is 0 Å². The van der Waals surface area contributed by atoms with E-state index in [9.17, 15) is 5.11 Å². The molecule has 0 spiro atoms. The third-order valence-electron chi connectivity index (χ3n) is 2.58. The molecule has 0 fully saturated rings. The highest BCUT2D eigenvalue weighted by Gasteiger charge is 2.12. The summed E-state index contributed by atoms with van der Waals surface area (Å²) < 4.78 is 7.09. The number of aromatic nitrogens is 3. The maximum absolute atomic E-state index is 9.89. The van der Waals surface area contributed by atoms with Crippen molar-refractivity contribution in [3.63, 3.8) is 0 Å². The Morgan fingerprint density at radius 2 is 2.24 bits per heavy atom. The van der Waals surface area contributed by atoms with Gasteiger partial charge in [-0.05, 0) is 33.6 Å². The zero-order valence-corrected chi connectivity index (χ0v) is 11.0. The molecule has 0 bridgehead atoms. The molecule has 5 heteroatoms. The van der Waals surface area contributed by atoms with Crippen molar-refractivity contribution in [1.82, 2.24) is 14.8 Å². The lowest BCUT2D eigenvalue weighted by Gasteiger charge is -2.13. The van der Waals surface area contributed by atoms with Crippen molar-refractivity contribution in [2.45, 2.75) is 52.2 Å². The van der Waals surface area contributed by atoms with E-state index in [2.05, 4.69) is 23.9 Å². The minimum Gasteiger partial charge on any atom is -0.393 e.